The van der Waals surface area contributed by atoms with Crippen LogP contribution < -0.4 is 5.32 Å². The van der Waals surface area contributed by atoms with E-state index in [0.717, 1.165) is 36.3 Å². The summed E-state index contributed by atoms with van der Waals surface area (Å²) in [6, 6.07) is 0.770. The summed E-state index contributed by atoms with van der Waals surface area (Å²) in [4.78, 5) is 0. The second-order valence-corrected chi connectivity index (χ2v) is 4.14. The maximum absolute atomic E-state index is 6.04. The molecule has 0 amide bonds. The molecule has 1 N–H and O–H groups in total. The van der Waals surface area contributed by atoms with Crippen LogP contribution in [0.3, 0.4) is 0 Å². The fourth-order valence-electron chi connectivity index (χ4n) is 1.59. The van der Waals surface area contributed by atoms with Crippen LogP contribution in [-0.2, 0) is 13.0 Å². The van der Waals surface area contributed by atoms with Gasteiger partial charge in [-0.2, -0.15) is 5.10 Å². The lowest BCUT2D eigenvalue weighted by Crippen LogP contribution is -2.20. The van der Waals surface area contributed by atoms with E-state index in [2.05, 4.69) is 17.3 Å². The Morgan fingerprint density at radius 3 is 3.07 bits per heavy atom. The first-order chi connectivity index (χ1) is 6.81. The van der Waals surface area contributed by atoms with Crippen LogP contribution in [0.1, 0.15) is 25.5 Å². The van der Waals surface area contributed by atoms with Crippen LogP contribution >= 0.6 is 11.6 Å². The zero-order chi connectivity index (χ0) is 9.97. The number of halogens is 1. The normalized spacial score (nSPS) is 16.1. The molecule has 0 saturated heterocycles. The van der Waals surface area contributed by atoms with Gasteiger partial charge in [0.2, 0.25) is 0 Å². The van der Waals surface area contributed by atoms with Crippen LogP contribution in [0.15, 0.2) is 6.20 Å². The zero-order valence-electron chi connectivity index (χ0n) is 8.46. The molecule has 0 aliphatic heterocycles. The number of nitrogens with one attached hydrogen (secondary N) is 1. The van der Waals surface area contributed by atoms with Crippen molar-refractivity contribution in [1.29, 1.82) is 0 Å². The van der Waals surface area contributed by atoms with E-state index in [1.165, 1.54) is 12.8 Å². The lowest BCUT2D eigenvalue weighted by atomic mass is 10.3. The fourth-order valence-corrected chi connectivity index (χ4v) is 1.83. The average molecular weight is 214 g/mol. The molecule has 0 radical (unpaired) electrons. The first kappa shape index (κ1) is 9.99. The summed E-state index contributed by atoms with van der Waals surface area (Å²) < 4.78 is 1.97. The molecular formula is C10H16ClN3. The summed E-state index contributed by atoms with van der Waals surface area (Å²) in [6.07, 6.45) is 5.38. The third-order valence-corrected chi connectivity index (χ3v) is 2.89. The molecule has 0 aromatic carbocycles. The predicted octanol–water partition coefficient (Wildman–Crippen LogP) is 1.85. The van der Waals surface area contributed by atoms with Crippen molar-refractivity contribution in [2.75, 3.05) is 6.54 Å². The van der Waals surface area contributed by atoms with Crippen LogP contribution in [0.5, 0.6) is 0 Å². The summed E-state index contributed by atoms with van der Waals surface area (Å²) in [5.74, 6) is 0. The summed E-state index contributed by atoms with van der Waals surface area (Å²) >= 11 is 6.04. The number of hydrogen-bond acceptors (Lipinski definition) is 2. The van der Waals surface area contributed by atoms with Gasteiger partial charge in [-0.1, -0.05) is 11.6 Å². The third-order valence-electron chi connectivity index (χ3n) is 2.57. The van der Waals surface area contributed by atoms with Gasteiger partial charge in [-0.25, -0.2) is 0 Å². The average Bonchev–Trinajstić information content (AvgIpc) is 2.93. The molecule has 1 saturated carbocycles. The quantitative estimate of drug-likeness (QED) is 0.809. The van der Waals surface area contributed by atoms with Crippen molar-refractivity contribution in [1.82, 2.24) is 15.1 Å². The largest absolute Gasteiger partial charge is 0.314 e. The Kier molecular flexibility index (Phi) is 3.08. The smallest absolute Gasteiger partial charge is 0.0818 e. The molecule has 1 aromatic heterocycles. The van der Waals surface area contributed by atoms with E-state index in [1.807, 2.05) is 4.68 Å². The van der Waals surface area contributed by atoms with Crippen LogP contribution in [0.4, 0.5) is 0 Å². The molecule has 4 heteroatoms. The SMILES string of the molecule is CCn1ncc(Cl)c1CCNC1CC1. The minimum atomic E-state index is 0.770. The Balaban J connectivity index is 1.88. The van der Waals surface area contributed by atoms with Crippen LogP contribution in [0.2, 0.25) is 5.02 Å². The standard InChI is InChI=1S/C10H16ClN3/c1-2-14-10(9(11)7-13-14)5-6-12-8-3-4-8/h7-8,12H,2-6H2,1H3. The molecule has 3 nitrogen and oxygen atoms in total. The molecule has 2 rings (SSSR count). The molecule has 1 aliphatic rings. The molecule has 14 heavy (non-hydrogen) atoms. The Labute approximate surface area is 89.4 Å². The Hall–Kier alpha value is -0.540. The molecule has 0 atom stereocenters. The Morgan fingerprint density at radius 2 is 2.43 bits per heavy atom. The minimum Gasteiger partial charge on any atom is -0.314 e. The Morgan fingerprint density at radius 1 is 1.64 bits per heavy atom. The van der Waals surface area contributed by atoms with Gasteiger partial charge in [0, 0.05) is 25.6 Å². The van der Waals surface area contributed by atoms with E-state index in [4.69, 9.17) is 11.6 Å². The molecule has 78 valence electrons. The van der Waals surface area contributed by atoms with Crippen molar-refractivity contribution in [3.8, 4) is 0 Å². The van der Waals surface area contributed by atoms with Crippen molar-refractivity contribution in [2.45, 2.75) is 38.8 Å². The summed E-state index contributed by atoms with van der Waals surface area (Å²) in [7, 11) is 0. The number of rotatable bonds is 5. The highest BCUT2D eigenvalue weighted by Crippen LogP contribution is 2.19. The molecule has 1 heterocycles. The molecular weight excluding hydrogens is 198 g/mol. The van der Waals surface area contributed by atoms with E-state index < -0.39 is 0 Å². The predicted molar refractivity (Wildman–Crippen MR) is 57.6 cm³/mol. The van der Waals surface area contributed by atoms with E-state index in [1.54, 1.807) is 6.20 Å². The number of hydrogen-bond donors (Lipinski definition) is 1. The minimum absolute atomic E-state index is 0.770. The van der Waals surface area contributed by atoms with E-state index in [0.29, 0.717) is 0 Å². The molecule has 1 aromatic rings. The summed E-state index contributed by atoms with van der Waals surface area (Å²) in [5.41, 5.74) is 1.15. The topological polar surface area (TPSA) is 29.9 Å². The van der Waals surface area contributed by atoms with Crippen LogP contribution in [0, 0.1) is 0 Å². The third kappa shape index (κ3) is 2.28. The second-order valence-electron chi connectivity index (χ2n) is 3.73. The summed E-state index contributed by atoms with van der Waals surface area (Å²) in [5, 5.41) is 8.47. The van der Waals surface area contributed by atoms with E-state index in [9.17, 15) is 0 Å². The zero-order valence-corrected chi connectivity index (χ0v) is 9.22. The molecule has 0 spiro atoms. The van der Waals surface area contributed by atoms with Gasteiger partial charge < -0.3 is 5.32 Å². The van der Waals surface area contributed by atoms with Crippen molar-refractivity contribution in [2.24, 2.45) is 0 Å². The van der Waals surface area contributed by atoms with E-state index >= 15 is 0 Å². The van der Waals surface area contributed by atoms with Gasteiger partial charge in [-0.3, -0.25) is 4.68 Å². The highest BCUT2D eigenvalue weighted by molar-refractivity contribution is 6.31. The van der Waals surface area contributed by atoms with Crippen molar-refractivity contribution >= 4 is 11.6 Å². The highest BCUT2D eigenvalue weighted by atomic mass is 35.5. The second kappa shape index (κ2) is 4.32. The van der Waals surface area contributed by atoms with Crippen molar-refractivity contribution in [3.05, 3.63) is 16.9 Å². The van der Waals surface area contributed by atoms with Gasteiger partial charge in [0.25, 0.3) is 0 Å². The monoisotopic (exact) mass is 213 g/mol. The number of nitrogens with zero attached hydrogens (tertiary/aromatic N) is 2. The van der Waals surface area contributed by atoms with Gasteiger partial charge in [0.05, 0.1) is 16.9 Å². The fraction of sp³-hybridized carbons (Fsp3) is 0.700. The lowest BCUT2D eigenvalue weighted by Gasteiger charge is -2.06. The molecule has 0 unspecified atom stereocenters. The van der Waals surface area contributed by atoms with E-state index in [-0.39, 0.29) is 0 Å². The first-order valence-corrected chi connectivity index (χ1v) is 5.62. The van der Waals surface area contributed by atoms with Gasteiger partial charge >= 0.3 is 0 Å². The first-order valence-electron chi connectivity index (χ1n) is 5.25. The molecule has 0 bridgehead atoms. The summed E-state index contributed by atoms with van der Waals surface area (Å²) in [6.45, 7) is 3.99. The van der Waals surface area contributed by atoms with Gasteiger partial charge in [0.15, 0.2) is 0 Å². The molecule has 1 fully saturated rings. The number of aryl methyl sites for hydroxylation is 1. The van der Waals surface area contributed by atoms with Crippen molar-refractivity contribution in [3.63, 3.8) is 0 Å². The van der Waals surface area contributed by atoms with Gasteiger partial charge in [0.1, 0.15) is 0 Å². The maximum Gasteiger partial charge on any atom is 0.0818 e. The Bertz CT molecular complexity index is 304. The number of aromatic nitrogens is 2. The van der Waals surface area contributed by atoms with Gasteiger partial charge in [-0.15, -0.1) is 0 Å². The van der Waals surface area contributed by atoms with Crippen LogP contribution in [-0.4, -0.2) is 22.4 Å². The van der Waals surface area contributed by atoms with Crippen molar-refractivity contribution < 1.29 is 0 Å². The maximum atomic E-state index is 6.04. The molecule has 1 aliphatic carbocycles. The lowest BCUT2D eigenvalue weighted by molar-refractivity contribution is 0.596. The highest BCUT2D eigenvalue weighted by Gasteiger charge is 2.20. The van der Waals surface area contributed by atoms with Crippen LogP contribution in [0.25, 0.3) is 0 Å². The van der Waals surface area contributed by atoms with Gasteiger partial charge in [-0.05, 0) is 19.8 Å².